The Labute approximate surface area is 175 Å². The van der Waals surface area contributed by atoms with Crippen LogP contribution in [0, 0.1) is 33.6 Å². The van der Waals surface area contributed by atoms with E-state index in [2.05, 4.69) is 32.9 Å². The Hall–Kier alpha value is -1.92. The van der Waals surface area contributed by atoms with Crippen LogP contribution in [0.25, 0.3) is 0 Å². The second-order valence-corrected chi connectivity index (χ2v) is 9.38. The molecule has 1 fully saturated rings. The lowest BCUT2D eigenvalue weighted by Gasteiger charge is -2.08. The Morgan fingerprint density at radius 1 is 0.966 bits per heavy atom. The lowest BCUT2D eigenvalue weighted by molar-refractivity contribution is -0.899. The highest BCUT2D eigenvalue weighted by atomic mass is 32.2. The summed E-state index contributed by atoms with van der Waals surface area (Å²) in [5, 5.41) is 0. The monoisotopic (exact) mass is 419 g/mol. The van der Waals surface area contributed by atoms with Crippen molar-refractivity contribution in [2.75, 3.05) is 6.61 Å². The van der Waals surface area contributed by atoms with Crippen molar-refractivity contribution in [2.24, 2.45) is 5.92 Å². The van der Waals surface area contributed by atoms with Crippen LogP contribution in [0.3, 0.4) is 0 Å². The summed E-state index contributed by atoms with van der Waals surface area (Å²) >= 11 is 0. The van der Waals surface area contributed by atoms with Crippen LogP contribution < -0.4 is 9.57 Å². The first-order valence-electron chi connectivity index (χ1n) is 10.3. The summed E-state index contributed by atoms with van der Waals surface area (Å²) in [7, 11) is -4.27. The highest BCUT2D eigenvalue weighted by Gasteiger charge is 2.16. The molecule has 0 radical (unpaired) electrons. The van der Waals surface area contributed by atoms with Crippen LogP contribution in [0.5, 0.6) is 0 Å². The number of pyridine rings is 1. The molecule has 1 aromatic carbocycles. The van der Waals surface area contributed by atoms with Crippen molar-refractivity contribution in [3.63, 3.8) is 0 Å². The van der Waals surface area contributed by atoms with Gasteiger partial charge in [0.05, 0.1) is 4.90 Å². The van der Waals surface area contributed by atoms with Crippen LogP contribution in [0.1, 0.15) is 61.0 Å². The smallest absolute Gasteiger partial charge is 0.231 e. The summed E-state index contributed by atoms with van der Waals surface area (Å²) in [6, 6.07) is 10.1. The van der Waals surface area contributed by atoms with E-state index < -0.39 is 10.1 Å². The lowest BCUT2D eigenvalue weighted by atomic mass is 10.0. The SMILES string of the molecule is Cc1cc(C)[n+](OCCCC2CCCC2)c(C)c1.Cc1ccc(S(=O)(=O)[O-])cc1. The number of hydrogen-bond donors (Lipinski definition) is 0. The molecule has 0 N–H and O–H groups in total. The lowest BCUT2D eigenvalue weighted by Crippen LogP contribution is -2.48. The maximum atomic E-state index is 10.4. The van der Waals surface area contributed by atoms with Crippen molar-refractivity contribution in [3.05, 3.63) is 58.9 Å². The first kappa shape index (κ1) is 23.4. The van der Waals surface area contributed by atoms with E-state index in [0.717, 1.165) is 18.1 Å². The number of rotatable bonds is 6. The van der Waals surface area contributed by atoms with E-state index in [4.69, 9.17) is 4.84 Å². The van der Waals surface area contributed by atoms with Crippen molar-refractivity contribution in [2.45, 2.75) is 71.1 Å². The van der Waals surface area contributed by atoms with Crippen LogP contribution >= 0.6 is 0 Å². The van der Waals surface area contributed by atoms with Crippen molar-refractivity contribution < 1.29 is 22.5 Å². The summed E-state index contributed by atoms with van der Waals surface area (Å²) < 4.78 is 33.1. The highest BCUT2D eigenvalue weighted by molar-refractivity contribution is 7.85. The quantitative estimate of drug-likeness (QED) is 0.400. The van der Waals surface area contributed by atoms with Crippen LogP contribution in [0.4, 0.5) is 0 Å². The van der Waals surface area contributed by atoms with E-state index in [-0.39, 0.29) is 4.90 Å². The largest absolute Gasteiger partial charge is 0.744 e. The van der Waals surface area contributed by atoms with Crippen molar-refractivity contribution in [1.29, 1.82) is 0 Å². The number of hydrogen-bond acceptors (Lipinski definition) is 4. The molecule has 29 heavy (non-hydrogen) atoms. The molecule has 0 saturated heterocycles. The van der Waals surface area contributed by atoms with Crippen LogP contribution in [-0.4, -0.2) is 19.6 Å². The molecule has 1 aliphatic carbocycles. The molecule has 0 amide bonds. The molecule has 0 spiro atoms. The van der Waals surface area contributed by atoms with E-state index in [1.54, 1.807) is 12.1 Å². The second-order valence-electron chi connectivity index (χ2n) is 8.00. The van der Waals surface area contributed by atoms with E-state index in [1.807, 2.05) is 11.7 Å². The molecular formula is C23H33NO4S. The summed E-state index contributed by atoms with van der Waals surface area (Å²) in [4.78, 5) is 5.72. The van der Waals surface area contributed by atoms with Crippen LogP contribution in [0.2, 0.25) is 0 Å². The van der Waals surface area contributed by atoms with Crippen molar-refractivity contribution in [1.82, 2.24) is 0 Å². The number of benzene rings is 1. The molecule has 1 aromatic heterocycles. The molecule has 3 rings (SSSR count). The minimum Gasteiger partial charge on any atom is -0.744 e. The van der Waals surface area contributed by atoms with Gasteiger partial charge in [0.1, 0.15) is 10.1 Å². The zero-order chi connectivity index (χ0) is 21.4. The third-order valence-electron chi connectivity index (χ3n) is 5.28. The van der Waals surface area contributed by atoms with Gasteiger partial charge in [-0.25, -0.2) is 8.42 Å². The maximum absolute atomic E-state index is 10.4. The third kappa shape index (κ3) is 7.78. The topological polar surface area (TPSA) is 70.3 Å². The standard InChI is InChI=1S/C16H26NO.C7H8O3S/c1-13-11-14(2)17(15(3)12-13)18-10-6-9-16-7-4-5-8-16;1-6-2-4-7(5-3-6)11(8,9)10/h11-12,16H,4-10H2,1-3H3;2-5H,1H3,(H,8,9,10)/q+1;/p-1. The molecule has 5 nitrogen and oxygen atoms in total. The van der Waals surface area contributed by atoms with Gasteiger partial charge in [0.25, 0.3) is 0 Å². The fraction of sp³-hybridized carbons (Fsp3) is 0.522. The molecule has 0 atom stereocenters. The predicted octanol–water partition coefficient (Wildman–Crippen LogP) is 4.20. The van der Waals surface area contributed by atoms with Crippen molar-refractivity contribution in [3.8, 4) is 0 Å². The van der Waals surface area contributed by atoms with Gasteiger partial charge < -0.3 is 4.55 Å². The Kier molecular flexibility index (Phi) is 8.65. The zero-order valence-electron chi connectivity index (χ0n) is 18.0. The zero-order valence-corrected chi connectivity index (χ0v) is 18.8. The molecule has 1 heterocycles. The van der Waals surface area contributed by atoms with E-state index >= 15 is 0 Å². The molecule has 1 saturated carbocycles. The van der Waals surface area contributed by atoms with E-state index in [1.165, 1.54) is 67.6 Å². The van der Waals surface area contributed by atoms with Gasteiger partial charge in [-0.3, -0.25) is 4.84 Å². The molecule has 2 aromatic rings. The van der Waals surface area contributed by atoms with E-state index in [0.29, 0.717) is 0 Å². The summed E-state index contributed by atoms with van der Waals surface area (Å²) in [5.74, 6) is 0.971. The van der Waals surface area contributed by atoms with Gasteiger partial charge in [-0.2, -0.15) is 0 Å². The average molecular weight is 420 g/mol. The Bertz CT molecular complexity index is 863. The average Bonchev–Trinajstić information content (AvgIpc) is 3.14. The molecule has 0 unspecified atom stereocenters. The number of aromatic nitrogens is 1. The highest BCUT2D eigenvalue weighted by Crippen LogP contribution is 2.28. The third-order valence-corrected chi connectivity index (χ3v) is 6.12. The normalized spacial score (nSPS) is 14.4. The molecule has 1 aliphatic rings. The Balaban J connectivity index is 0.000000234. The van der Waals surface area contributed by atoms with Crippen molar-refractivity contribution >= 4 is 10.1 Å². The summed E-state index contributed by atoms with van der Waals surface area (Å²) in [6.45, 7) is 9.01. The van der Waals surface area contributed by atoms with Gasteiger partial charge in [-0.1, -0.05) is 43.4 Å². The summed E-state index contributed by atoms with van der Waals surface area (Å²) in [6.07, 6.45) is 8.29. The fourth-order valence-electron chi connectivity index (χ4n) is 3.83. The molecule has 6 heteroatoms. The predicted molar refractivity (Wildman–Crippen MR) is 113 cm³/mol. The Morgan fingerprint density at radius 2 is 1.52 bits per heavy atom. The van der Waals surface area contributed by atoms with E-state index in [9.17, 15) is 13.0 Å². The van der Waals surface area contributed by atoms with Gasteiger partial charge in [-0.05, 0) is 50.3 Å². The number of nitrogens with zero attached hydrogens (tertiary/aromatic N) is 1. The molecule has 0 aliphatic heterocycles. The van der Waals surface area contributed by atoms with Crippen LogP contribution in [-0.2, 0) is 10.1 Å². The summed E-state index contributed by atoms with van der Waals surface area (Å²) in [5.41, 5.74) is 4.61. The first-order valence-corrected chi connectivity index (χ1v) is 11.7. The minimum atomic E-state index is -4.27. The minimum absolute atomic E-state index is 0.178. The molecular weight excluding hydrogens is 386 g/mol. The fourth-order valence-corrected chi connectivity index (χ4v) is 4.30. The second kappa shape index (κ2) is 10.7. The van der Waals surface area contributed by atoms with Gasteiger partial charge in [0, 0.05) is 30.7 Å². The van der Waals surface area contributed by atoms with Crippen LogP contribution in [0.15, 0.2) is 41.3 Å². The van der Waals surface area contributed by atoms with Gasteiger partial charge in [0.15, 0.2) is 6.61 Å². The van der Waals surface area contributed by atoms with Gasteiger partial charge in [0.2, 0.25) is 11.4 Å². The number of aryl methyl sites for hydroxylation is 4. The molecule has 160 valence electrons. The van der Waals surface area contributed by atoms with Gasteiger partial charge in [-0.15, -0.1) is 0 Å². The van der Waals surface area contributed by atoms with Gasteiger partial charge >= 0.3 is 0 Å². The first-order chi connectivity index (χ1) is 13.7. The Morgan fingerprint density at radius 3 is 2.03 bits per heavy atom. The maximum Gasteiger partial charge on any atom is 0.231 e. The molecule has 0 bridgehead atoms.